The average molecular weight is 244 g/mol. The van der Waals surface area contributed by atoms with E-state index in [9.17, 15) is 18.0 Å². The third-order valence-corrected chi connectivity index (χ3v) is 3.38. The molecule has 0 radical (unpaired) electrons. The second kappa shape index (κ2) is 4.05. The smallest absolute Gasteiger partial charge is 0.309 e. The minimum Gasteiger partial charge on any atom is -0.481 e. The summed E-state index contributed by atoms with van der Waals surface area (Å²) in [6.07, 6.45) is 1.56. The zero-order valence-electron chi connectivity index (χ0n) is 8.97. The van der Waals surface area contributed by atoms with E-state index in [0.29, 0.717) is 18.9 Å². The molecule has 1 fully saturated rings. The molecule has 1 aliphatic rings. The van der Waals surface area contributed by atoms with Crippen molar-refractivity contribution in [3.63, 3.8) is 0 Å². The molecule has 0 aromatic heterocycles. The van der Waals surface area contributed by atoms with E-state index in [4.69, 9.17) is 5.11 Å². The Labute approximate surface area is 96.1 Å². The van der Waals surface area contributed by atoms with E-state index in [-0.39, 0.29) is 12.0 Å². The molecule has 0 atom stereocenters. The van der Waals surface area contributed by atoms with Gasteiger partial charge in [0.15, 0.2) is 11.6 Å². The van der Waals surface area contributed by atoms with Crippen molar-refractivity contribution < 1.29 is 23.1 Å². The van der Waals surface area contributed by atoms with Crippen LogP contribution in [0.25, 0.3) is 0 Å². The van der Waals surface area contributed by atoms with Gasteiger partial charge in [0, 0.05) is 6.07 Å². The van der Waals surface area contributed by atoms with Gasteiger partial charge in [-0.1, -0.05) is 6.42 Å². The minimum atomic E-state index is -1.26. The first-order chi connectivity index (χ1) is 7.94. The standard InChI is InChI=1S/C12H11F3O2/c13-8-5-10(15)9(14)4-7(8)6-12(11(16)17)2-1-3-12/h4-5H,1-3,6H2,(H,16,17). The summed E-state index contributed by atoms with van der Waals surface area (Å²) in [4.78, 5) is 11.1. The normalized spacial score (nSPS) is 17.6. The summed E-state index contributed by atoms with van der Waals surface area (Å²) < 4.78 is 39.1. The van der Waals surface area contributed by atoms with Gasteiger partial charge in [-0.05, 0) is 30.9 Å². The van der Waals surface area contributed by atoms with Crippen molar-refractivity contribution in [3.8, 4) is 0 Å². The van der Waals surface area contributed by atoms with Crippen LogP contribution in [0.5, 0.6) is 0 Å². The molecule has 0 amide bonds. The Bertz CT molecular complexity index is 467. The van der Waals surface area contributed by atoms with Crippen molar-refractivity contribution in [2.75, 3.05) is 0 Å². The van der Waals surface area contributed by atoms with E-state index in [1.54, 1.807) is 0 Å². The predicted molar refractivity (Wildman–Crippen MR) is 53.9 cm³/mol. The van der Waals surface area contributed by atoms with Gasteiger partial charge in [-0.15, -0.1) is 0 Å². The van der Waals surface area contributed by atoms with Gasteiger partial charge in [0.25, 0.3) is 0 Å². The predicted octanol–water partition coefficient (Wildman–Crippen LogP) is 2.90. The highest BCUT2D eigenvalue weighted by Gasteiger charge is 2.44. The first-order valence-electron chi connectivity index (χ1n) is 5.31. The molecular formula is C12H11F3O2. The Kier molecular flexibility index (Phi) is 2.85. The first kappa shape index (κ1) is 12.0. The fourth-order valence-electron chi connectivity index (χ4n) is 2.13. The monoisotopic (exact) mass is 244 g/mol. The summed E-state index contributed by atoms with van der Waals surface area (Å²) in [5.74, 6) is -4.31. The molecule has 17 heavy (non-hydrogen) atoms. The van der Waals surface area contributed by atoms with Crippen LogP contribution in [-0.4, -0.2) is 11.1 Å². The van der Waals surface area contributed by atoms with Crippen LogP contribution in [0.1, 0.15) is 24.8 Å². The van der Waals surface area contributed by atoms with Gasteiger partial charge < -0.3 is 5.11 Å². The Hall–Kier alpha value is -1.52. The van der Waals surface area contributed by atoms with Crippen molar-refractivity contribution in [2.45, 2.75) is 25.7 Å². The number of carboxylic acids is 1. The summed E-state index contributed by atoms with van der Waals surface area (Å²) in [5.41, 5.74) is -1.09. The van der Waals surface area contributed by atoms with Gasteiger partial charge in [0.2, 0.25) is 0 Å². The van der Waals surface area contributed by atoms with Crippen molar-refractivity contribution in [1.29, 1.82) is 0 Å². The van der Waals surface area contributed by atoms with E-state index >= 15 is 0 Å². The number of hydrogen-bond acceptors (Lipinski definition) is 1. The van der Waals surface area contributed by atoms with Crippen molar-refractivity contribution in [1.82, 2.24) is 0 Å². The van der Waals surface area contributed by atoms with Gasteiger partial charge in [-0.2, -0.15) is 0 Å². The fourth-order valence-corrected chi connectivity index (χ4v) is 2.13. The van der Waals surface area contributed by atoms with E-state index in [0.717, 1.165) is 12.5 Å². The highest BCUT2D eigenvalue weighted by molar-refractivity contribution is 5.76. The molecule has 1 aromatic rings. The molecular weight excluding hydrogens is 233 g/mol. The lowest BCUT2D eigenvalue weighted by Crippen LogP contribution is -2.40. The minimum absolute atomic E-state index is 0.0778. The second-order valence-electron chi connectivity index (χ2n) is 4.47. The average Bonchev–Trinajstić information content (AvgIpc) is 2.18. The van der Waals surface area contributed by atoms with Crippen LogP contribution in [0.3, 0.4) is 0 Å². The van der Waals surface area contributed by atoms with Crippen LogP contribution in [-0.2, 0) is 11.2 Å². The lowest BCUT2D eigenvalue weighted by Gasteiger charge is -2.37. The molecule has 0 saturated heterocycles. The maximum absolute atomic E-state index is 13.4. The molecule has 1 N–H and O–H groups in total. The third kappa shape index (κ3) is 2.01. The molecule has 0 bridgehead atoms. The van der Waals surface area contributed by atoms with E-state index in [2.05, 4.69) is 0 Å². The quantitative estimate of drug-likeness (QED) is 0.830. The molecule has 1 saturated carbocycles. The summed E-state index contributed by atoms with van der Waals surface area (Å²) in [6.45, 7) is 0. The van der Waals surface area contributed by atoms with E-state index < -0.39 is 28.8 Å². The fraction of sp³-hybridized carbons (Fsp3) is 0.417. The number of carbonyl (C=O) groups is 1. The largest absolute Gasteiger partial charge is 0.481 e. The molecule has 0 unspecified atom stereocenters. The molecule has 2 rings (SSSR count). The highest BCUT2D eigenvalue weighted by Crippen LogP contribution is 2.44. The Morgan fingerprint density at radius 2 is 1.76 bits per heavy atom. The maximum Gasteiger partial charge on any atom is 0.309 e. The van der Waals surface area contributed by atoms with E-state index in [1.165, 1.54) is 0 Å². The summed E-state index contributed by atoms with van der Waals surface area (Å²) in [6, 6.07) is 1.20. The summed E-state index contributed by atoms with van der Waals surface area (Å²) >= 11 is 0. The second-order valence-corrected chi connectivity index (χ2v) is 4.47. The van der Waals surface area contributed by atoms with Crippen LogP contribution >= 0.6 is 0 Å². The van der Waals surface area contributed by atoms with Gasteiger partial charge in [-0.3, -0.25) is 4.79 Å². The topological polar surface area (TPSA) is 37.3 Å². The first-order valence-corrected chi connectivity index (χ1v) is 5.31. The third-order valence-electron chi connectivity index (χ3n) is 3.38. The van der Waals surface area contributed by atoms with Crippen LogP contribution in [0.2, 0.25) is 0 Å². The summed E-state index contributed by atoms with van der Waals surface area (Å²) in [7, 11) is 0. The maximum atomic E-state index is 13.4. The van der Waals surface area contributed by atoms with Crippen LogP contribution < -0.4 is 0 Å². The van der Waals surface area contributed by atoms with Crippen molar-refractivity contribution >= 4 is 5.97 Å². The van der Waals surface area contributed by atoms with E-state index in [1.807, 2.05) is 0 Å². The van der Waals surface area contributed by atoms with Crippen LogP contribution in [0.15, 0.2) is 12.1 Å². The molecule has 0 spiro atoms. The van der Waals surface area contributed by atoms with Gasteiger partial charge in [-0.25, -0.2) is 13.2 Å². The lowest BCUT2D eigenvalue weighted by molar-refractivity contribution is -0.154. The molecule has 2 nitrogen and oxygen atoms in total. The number of hydrogen-bond donors (Lipinski definition) is 1. The molecule has 0 aliphatic heterocycles. The van der Waals surface area contributed by atoms with Crippen LogP contribution in [0.4, 0.5) is 13.2 Å². The van der Waals surface area contributed by atoms with Gasteiger partial charge in [0.05, 0.1) is 5.41 Å². The zero-order valence-corrected chi connectivity index (χ0v) is 8.97. The van der Waals surface area contributed by atoms with Crippen molar-refractivity contribution in [2.24, 2.45) is 5.41 Å². The Balaban J connectivity index is 2.30. The Morgan fingerprint density at radius 1 is 1.18 bits per heavy atom. The highest BCUT2D eigenvalue weighted by atomic mass is 19.2. The lowest BCUT2D eigenvalue weighted by atomic mass is 9.65. The SMILES string of the molecule is O=C(O)C1(Cc2cc(F)c(F)cc2F)CCC1. The number of halogens is 3. The van der Waals surface area contributed by atoms with Gasteiger partial charge in [0.1, 0.15) is 5.82 Å². The number of carboxylic acid groups (broad SMARTS) is 1. The van der Waals surface area contributed by atoms with Crippen molar-refractivity contribution in [3.05, 3.63) is 35.1 Å². The summed E-state index contributed by atoms with van der Waals surface area (Å²) in [5, 5.41) is 9.07. The molecule has 1 aromatic carbocycles. The molecule has 5 heteroatoms. The number of rotatable bonds is 3. The molecule has 1 aliphatic carbocycles. The molecule has 0 heterocycles. The number of aliphatic carboxylic acids is 1. The molecule has 92 valence electrons. The van der Waals surface area contributed by atoms with Gasteiger partial charge >= 0.3 is 5.97 Å². The number of benzene rings is 1. The zero-order chi connectivity index (χ0) is 12.6. The van der Waals surface area contributed by atoms with Crippen LogP contribution in [0, 0.1) is 22.9 Å². The Morgan fingerprint density at radius 3 is 2.24 bits per heavy atom.